The third-order valence-corrected chi connectivity index (χ3v) is 3.81. The summed E-state index contributed by atoms with van der Waals surface area (Å²) in [5.41, 5.74) is 4.82. The first-order valence-corrected chi connectivity index (χ1v) is 8.49. The van der Waals surface area contributed by atoms with E-state index in [0.717, 1.165) is 6.07 Å². The zero-order chi connectivity index (χ0) is 20.7. The lowest BCUT2D eigenvalue weighted by Crippen LogP contribution is -2.20. The summed E-state index contributed by atoms with van der Waals surface area (Å²) >= 11 is 0. The summed E-state index contributed by atoms with van der Waals surface area (Å²) in [4.78, 5) is 34.8. The van der Waals surface area contributed by atoms with Gasteiger partial charge in [0.05, 0.1) is 18.9 Å². The smallest absolute Gasteiger partial charge is 0.306 e. The highest BCUT2D eigenvalue weighted by molar-refractivity contribution is 5.75. The molecule has 0 aliphatic rings. The number of carbonyl (C=O) groups is 2. The minimum absolute atomic E-state index is 0.0481. The van der Waals surface area contributed by atoms with E-state index in [9.17, 15) is 24.6 Å². The van der Waals surface area contributed by atoms with Crippen molar-refractivity contribution in [3.63, 3.8) is 0 Å². The van der Waals surface area contributed by atoms with Gasteiger partial charge in [0.25, 0.3) is 5.91 Å². The molecule has 0 fully saturated rings. The number of aliphatic hydroxyl groups excluding tert-OH is 1. The summed E-state index contributed by atoms with van der Waals surface area (Å²) in [5, 5.41) is 19.5. The molecule has 0 saturated carbocycles. The normalized spacial score (nSPS) is 11.6. The van der Waals surface area contributed by atoms with Gasteiger partial charge >= 0.3 is 5.97 Å². The first-order chi connectivity index (χ1) is 13.3. The minimum atomic E-state index is -0.844. The van der Waals surface area contributed by atoms with Gasteiger partial charge in [-0.15, -0.1) is 0 Å². The molecular formula is C19H21NO8. The zero-order valence-corrected chi connectivity index (χ0v) is 15.2. The molecule has 2 aromatic rings. The Morgan fingerprint density at radius 1 is 1.25 bits per heavy atom. The van der Waals surface area contributed by atoms with Crippen molar-refractivity contribution in [2.75, 3.05) is 13.2 Å². The lowest BCUT2D eigenvalue weighted by Gasteiger charge is -2.18. The maximum Gasteiger partial charge on any atom is 0.306 e. The molecule has 1 aromatic heterocycles. The Balaban J connectivity index is 2.43. The van der Waals surface area contributed by atoms with Crippen LogP contribution < -0.4 is 15.9 Å². The van der Waals surface area contributed by atoms with Crippen LogP contribution in [0.1, 0.15) is 36.3 Å². The Kier molecular flexibility index (Phi) is 7.16. The zero-order valence-electron chi connectivity index (χ0n) is 15.2. The highest BCUT2D eigenvalue weighted by Gasteiger charge is 2.26. The van der Waals surface area contributed by atoms with Gasteiger partial charge in [0.1, 0.15) is 18.1 Å². The van der Waals surface area contributed by atoms with Crippen LogP contribution in [0.3, 0.4) is 0 Å². The van der Waals surface area contributed by atoms with Crippen molar-refractivity contribution in [2.24, 2.45) is 5.73 Å². The van der Waals surface area contributed by atoms with E-state index < -0.39 is 35.6 Å². The molecule has 0 saturated heterocycles. The topological polar surface area (TPSA) is 149 Å². The van der Waals surface area contributed by atoms with Crippen molar-refractivity contribution in [2.45, 2.75) is 25.9 Å². The fraction of sp³-hybridized carbons (Fsp3) is 0.316. The lowest BCUT2D eigenvalue weighted by atomic mass is 9.92. The van der Waals surface area contributed by atoms with Crippen molar-refractivity contribution in [1.29, 1.82) is 0 Å². The third-order valence-electron chi connectivity index (χ3n) is 3.81. The van der Waals surface area contributed by atoms with Crippen LogP contribution in [0, 0.1) is 0 Å². The Bertz CT molecular complexity index is 888. The van der Waals surface area contributed by atoms with Crippen LogP contribution in [0.15, 0.2) is 39.5 Å². The molecule has 4 N–H and O–H groups in total. The van der Waals surface area contributed by atoms with E-state index in [1.807, 2.05) is 0 Å². The van der Waals surface area contributed by atoms with E-state index >= 15 is 0 Å². The van der Waals surface area contributed by atoms with E-state index in [-0.39, 0.29) is 31.2 Å². The van der Waals surface area contributed by atoms with Crippen LogP contribution in [0.5, 0.6) is 11.5 Å². The lowest BCUT2D eigenvalue weighted by molar-refractivity contribution is -0.143. The number of amides is 1. The van der Waals surface area contributed by atoms with Crippen molar-refractivity contribution < 1.29 is 33.7 Å². The van der Waals surface area contributed by atoms with Crippen LogP contribution in [0.4, 0.5) is 0 Å². The van der Waals surface area contributed by atoms with Crippen LogP contribution in [-0.2, 0) is 20.9 Å². The predicted molar refractivity (Wildman–Crippen MR) is 96.8 cm³/mol. The molecule has 0 aliphatic heterocycles. The number of rotatable bonds is 9. The SMILES string of the molecule is CCOC(=O)C[C@H](c1ccc(OCC(N)=O)cc1)c1oc(CO)cc(=O)c1O. The summed E-state index contributed by atoms with van der Waals surface area (Å²) in [6.45, 7) is 0.980. The van der Waals surface area contributed by atoms with Crippen molar-refractivity contribution in [3.8, 4) is 11.5 Å². The summed E-state index contributed by atoms with van der Waals surface area (Å²) in [6.07, 6.45) is -0.208. The number of hydrogen-bond acceptors (Lipinski definition) is 8. The second-order valence-corrected chi connectivity index (χ2v) is 5.83. The molecule has 0 bridgehead atoms. The molecule has 0 aliphatic carbocycles. The first kappa shape index (κ1) is 21.0. The standard InChI is InChI=1S/C19H21NO8/c1-2-26-17(24)8-14(19-18(25)15(22)7-13(9-21)28-19)11-3-5-12(6-4-11)27-10-16(20)23/h3-7,14,21,25H,2,8-10H2,1H3,(H2,20,23)/t14-/m1/s1. The second kappa shape index (κ2) is 9.56. The maximum atomic E-state index is 12.0. The average molecular weight is 391 g/mol. The molecule has 1 amide bonds. The first-order valence-electron chi connectivity index (χ1n) is 8.49. The second-order valence-electron chi connectivity index (χ2n) is 5.83. The monoisotopic (exact) mass is 391 g/mol. The molecule has 0 spiro atoms. The van der Waals surface area contributed by atoms with Gasteiger partial charge in [-0.3, -0.25) is 14.4 Å². The number of hydrogen-bond donors (Lipinski definition) is 3. The van der Waals surface area contributed by atoms with Crippen molar-refractivity contribution in [1.82, 2.24) is 0 Å². The number of esters is 1. The molecular weight excluding hydrogens is 370 g/mol. The molecule has 1 aromatic carbocycles. The molecule has 2 rings (SSSR count). The van der Waals surface area contributed by atoms with Crippen LogP contribution in [0.25, 0.3) is 0 Å². The molecule has 0 radical (unpaired) electrons. The summed E-state index contributed by atoms with van der Waals surface area (Å²) in [5.74, 6) is -2.52. The quantitative estimate of drug-likeness (QED) is 0.531. The van der Waals surface area contributed by atoms with Gasteiger partial charge in [0.15, 0.2) is 12.4 Å². The summed E-state index contributed by atoms with van der Waals surface area (Å²) in [7, 11) is 0. The van der Waals surface area contributed by atoms with Gasteiger partial charge < -0.3 is 29.8 Å². The Morgan fingerprint density at radius 3 is 2.50 bits per heavy atom. The largest absolute Gasteiger partial charge is 0.502 e. The highest BCUT2D eigenvalue weighted by Crippen LogP contribution is 2.34. The number of benzene rings is 1. The van der Waals surface area contributed by atoms with Crippen LogP contribution >= 0.6 is 0 Å². The van der Waals surface area contributed by atoms with Crippen LogP contribution in [0.2, 0.25) is 0 Å². The Morgan fingerprint density at radius 2 is 1.93 bits per heavy atom. The van der Waals surface area contributed by atoms with Gasteiger partial charge in [-0.2, -0.15) is 0 Å². The van der Waals surface area contributed by atoms with E-state index in [4.69, 9.17) is 19.6 Å². The number of carbonyl (C=O) groups excluding carboxylic acids is 2. The highest BCUT2D eigenvalue weighted by atomic mass is 16.5. The van der Waals surface area contributed by atoms with E-state index in [1.54, 1.807) is 31.2 Å². The number of aromatic hydroxyl groups is 1. The van der Waals surface area contributed by atoms with Crippen molar-refractivity contribution in [3.05, 3.63) is 57.6 Å². The molecule has 150 valence electrons. The number of primary amides is 1. The molecule has 1 atom stereocenters. The van der Waals surface area contributed by atoms with E-state index in [2.05, 4.69) is 0 Å². The van der Waals surface area contributed by atoms with Crippen LogP contribution in [-0.4, -0.2) is 35.3 Å². The average Bonchev–Trinajstić information content (AvgIpc) is 2.67. The number of nitrogens with two attached hydrogens (primary N) is 1. The predicted octanol–water partition coefficient (Wildman–Crippen LogP) is 0.787. The van der Waals surface area contributed by atoms with Gasteiger partial charge in [-0.25, -0.2) is 0 Å². The maximum absolute atomic E-state index is 12.0. The number of ether oxygens (including phenoxy) is 2. The minimum Gasteiger partial charge on any atom is -0.502 e. The van der Waals surface area contributed by atoms with Gasteiger partial charge in [-0.05, 0) is 24.6 Å². The molecule has 0 unspecified atom stereocenters. The Labute approximate surface area is 160 Å². The fourth-order valence-electron chi connectivity index (χ4n) is 2.57. The molecule has 9 heteroatoms. The van der Waals surface area contributed by atoms with E-state index in [1.165, 1.54) is 0 Å². The molecule has 28 heavy (non-hydrogen) atoms. The number of aliphatic hydroxyl groups is 1. The van der Waals surface area contributed by atoms with Gasteiger partial charge in [0.2, 0.25) is 11.2 Å². The summed E-state index contributed by atoms with van der Waals surface area (Å²) < 4.78 is 15.6. The van der Waals surface area contributed by atoms with Crippen molar-refractivity contribution >= 4 is 11.9 Å². The Hall–Kier alpha value is -3.33. The fourth-order valence-corrected chi connectivity index (χ4v) is 2.57. The van der Waals surface area contributed by atoms with E-state index in [0.29, 0.717) is 11.3 Å². The third kappa shape index (κ3) is 5.34. The van der Waals surface area contributed by atoms with Gasteiger partial charge in [0, 0.05) is 6.07 Å². The molecule has 1 heterocycles. The van der Waals surface area contributed by atoms with Gasteiger partial charge in [-0.1, -0.05) is 12.1 Å². The molecule has 9 nitrogen and oxygen atoms in total. The summed E-state index contributed by atoms with van der Waals surface area (Å²) in [6, 6.07) is 7.24.